The molecular weight excluding hydrogens is 250 g/mol. The van der Waals surface area contributed by atoms with Gasteiger partial charge in [-0.05, 0) is 26.0 Å². The summed E-state index contributed by atoms with van der Waals surface area (Å²) in [5.74, 6) is 0.863. The van der Waals surface area contributed by atoms with Crippen LogP contribution >= 0.6 is 23.1 Å². The lowest BCUT2D eigenvalue weighted by molar-refractivity contribution is 0.112. The number of rotatable bonds is 4. The minimum absolute atomic E-state index is 0.724. The van der Waals surface area contributed by atoms with E-state index < -0.39 is 0 Å². The maximum absolute atomic E-state index is 10.7. The van der Waals surface area contributed by atoms with Crippen molar-refractivity contribution in [1.29, 1.82) is 0 Å². The molecule has 1 aromatic carbocycles. The normalized spacial score (nSPS) is 10.5. The Morgan fingerprint density at radius 1 is 1.41 bits per heavy atom. The van der Waals surface area contributed by atoms with E-state index >= 15 is 0 Å². The topological polar surface area (TPSA) is 30.0 Å². The van der Waals surface area contributed by atoms with Gasteiger partial charge in [-0.25, -0.2) is 4.98 Å². The van der Waals surface area contributed by atoms with Crippen molar-refractivity contribution in [2.24, 2.45) is 0 Å². The van der Waals surface area contributed by atoms with Crippen LogP contribution in [0, 0.1) is 13.8 Å². The van der Waals surface area contributed by atoms with Gasteiger partial charge in [0.05, 0.1) is 11.4 Å². The second kappa shape index (κ2) is 5.47. The number of carbonyl (C=O) groups excluding carboxylic acids is 1. The zero-order valence-electron chi connectivity index (χ0n) is 9.77. The summed E-state index contributed by atoms with van der Waals surface area (Å²) < 4.78 is 0. The Kier molecular flexibility index (Phi) is 3.97. The van der Waals surface area contributed by atoms with E-state index in [0.717, 1.165) is 33.2 Å². The van der Waals surface area contributed by atoms with Crippen LogP contribution in [0.25, 0.3) is 0 Å². The van der Waals surface area contributed by atoms with Crippen molar-refractivity contribution in [3.05, 3.63) is 45.4 Å². The van der Waals surface area contributed by atoms with Crippen LogP contribution in [0.4, 0.5) is 0 Å². The minimum atomic E-state index is 0.724. The summed E-state index contributed by atoms with van der Waals surface area (Å²) in [5.41, 5.74) is 1.84. The SMILES string of the molecule is Cc1nc(CSc2cccc(C=O)c2)sc1C. The van der Waals surface area contributed by atoms with Crippen molar-refractivity contribution in [1.82, 2.24) is 4.98 Å². The Labute approximate surface area is 109 Å². The van der Waals surface area contributed by atoms with Crippen LogP contribution < -0.4 is 0 Å². The monoisotopic (exact) mass is 263 g/mol. The second-order valence-electron chi connectivity index (χ2n) is 3.73. The van der Waals surface area contributed by atoms with Crippen LogP contribution in [0.1, 0.15) is 25.9 Å². The molecule has 0 amide bonds. The van der Waals surface area contributed by atoms with Gasteiger partial charge in [-0.2, -0.15) is 0 Å². The van der Waals surface area contributed by atoms with E-state index in [-0.39, 0.29) is 0 Å². The van der Waals surface area contributed by atoms with Crippen LogP contribution in [0.3, 0.4) is 0 Å². The minimum Gasteiger partial charge on any atom is -0.298 e. The van der Waals surface area contributed by atoms with Gasteiger partial charge in [0.2, 0.25) is 0 Å². The molecule has 4 heteroatoms. The molecule has 0 radical (unpaired) electrons. The molecular formula is C13H13NOS2. The maximum Gasteiger partial charge on any atom is 0.150 e. The van der Waals surface area contributed by atoms with Gasteiger partial charge in [-0.3, -0.25) is 4.79 Å². The van der Waals surface area contributed by atoms with E-state index in [0.29, 0.717) is 0 Å². The first-order valence-electron chi connectivity index (χ1n) is 5.30. The summed E-state index contributed by atoms with van der Waals surface area (Å²) >= 11 is 3.46. The number of thioether (sulfide) groups is 1. The van der Waals surface area contributed by atoms with Gasteiger partial charge < -0.3 is 0 Å². The van der Waals surface area contributed by atoms with Gasteiger partial charge in [0.1, 0.15) is 11.3 Å². The summed E-state index contributed by atoms with van der Waals surface area (Å²) in [6.07, 6.45) is 0.877. The quantitative estimate of drug-likeness (QED) is 0.619. The summed E-state index contributed by atoms with van der Waals surface area (Å²) in [7, 11) is 0. The van der Waals surface area contributed by atoms with Crippen LogP contribution in [0.15, 0.2) is 29.2 Å². The molecule has 2 aromatic rings. The average Bonchev–Trinajstić information content (AvgIpc) is 2.67. The van der Waals surface area contributed by atoms with E-state index in [4.69, 9.17) is 0 Å². The van der Waals surface area contributed by atoms with Gasteiger partial charge in [0.15, 0.2) is 0 Å². The summed E-state index contributed by atoms with van der Waals surface area (Å²) in [5, 5.41) is 1.14. The number of thiazole rings is 1. The van der Waals surface area contributed by atoms with E-state index in [2.05, 4.69) is 11.9 Å². The van der Waals surface area contributed by atoms with Crippen LogP contribution in [0.5, 0.6) is 0 Å². The lowest BCUT2D eigenvalue weighted by Gasteiger charge is -1.99. The first-order valence-corrected chi connectivity index (χ1v) is 7.10. The number of aldehydes is 1. The molecule has 1 aromatic heterocycles. The predicted octanol–water partition coefficient (Wildman–Crippen LogP) is 3.86. The molecule has 0 bridgehead atoms. The standard InChI is InChI=1S/C13H13NOS2/c1-9-10(2)17-13(14-9)8-16-12-5-3-4-11(6-12)7-15/h3-7H,8H2,1-2H3. The van der Waals surface area contributed by atoms with Crippen LogP contribution in [-0.4, -0.2) is 11.3 Å². The third-order valence-corrected chi connectivity index (χ3v) is 4.69. The first kappa shape index (κ1) is 12.3. The molecule has 0 fully saturated rings. The summed E-state index contributed by atoms with van der Waals surface area (Å²) in [4.78, 5) is 17.5. The van der Waals surface area contributed by atoms with Crippen molar-refractivity contribution in [3.63, 3.8) is 0 Å². The van der Waals surface area contributed by atoms with Crippen molar-refractivity contribution in [2.75, 3.05) is 0 Å². The second-order valence-corrected chi connectivity index (χ2v) is 6.06. The van der Waals surface area contributed by atoms with E-state index in [1.54, 1.807) is 23.1 Å². The zero-order chi connectivity index (χ0) is 12.3. The fourth-order valence-corrected chi connectivity index (χ4v) is 3.31. The Balaban J connectivity index is 2.04. The first-order chi connectivity index (χ1) is 8.19. The molecule has 1 heterocycles. The number of hydrogen-bond acceptors (Lipinski definition) is 4. The Bertz CT molecular complexity index is 514. The molecule has 88 valence electrons. The Morgan fingerprint density at radius 3 is 2.88 bits per heavy atom. The molecule has 0 spiro atoms. The van der Waals surface area contributed by atoms with E-state index in [9.17, 15) is 4.79 Å². The highest BCUT2D eigenvalue weighted by Crippen LogP contribution is 2.26. The lowest BCUT2D eigenvalue weighted by atomic mass is 10.2. The zero-order valence-corrected chi connectivity index (χ0v) is 11.4. The van der Waals surface area contributed by atoms with E-state index in [1.165, 1.54) is 4.88 Å². The highest BCUT2D eigenvalue weighted by Gasteiger charge is 2.04. The number of carbonyl (C=O) groups is 1. The molecule has 0 unspecified atom stereocenters. The highest BCUT2D eigenvalue weighted by atomic mass is 32.2. The third kappa shape index (κ3) is 3.17. The van der Waals surface area contributed by atoms with Gasteiger partial charge in [-0.1, -0.05) is 12.1 Å². The number of aryl methyl sites for hydroxylation is 2. The van der Waals surface area contributed by atoms with Gasteiger partial charge in [0, 0.05) is 15.3 Å². The fraction of sp³-hybridized carbons (Fsp3) is 0.231. The highest BCUT2D eigenvalue weighted by molar-refractivity contribution is 7.98. The molecule has 0 aliphatic carbocycles. The number of aromatic nitrogens is 1. The van der Waals surface area contributed by atoms with Crippen molar-refractivity contribution >= 4 is 29.4 Å². The molecule has 0 aliphatic heterocycles. The third-order valence-electron chi connectivity index (χ3n) is 2.43. The van der Waals surface area contributed by atoms with Crippen molar-refractivity contribution in [2.45, 2.75) is 24.5 Å². The molecule has 17 heavy (non-hydrogen) atoms. The van der Waals surface area contributed by atoms with Gasteiger partial charge in [-0.15, -0.1) is 23.1 Å². The van der Waals surface area contributed by atoms with Crippen LogP contribution in [0.2, 0.25) is 0 Å². The Morgan fingerprint density at radius 2 is 2.24 bits per heavy atom. The van der Waals surface area contributed by atoms with Crippen molar-refractivity contribution < 1.29 is 4.79 Å². The molecule has 0 atom stereocenters. The molecule has 2 nitrogen and oxygen atoms in total. The largest absolute Gasteiger partial charge is 0.298 e. The van der Waals surface area contributed by atoms with Gasteiger partial charge >= 0.3 is 0 Å². The van der Waals surface area contributed by atoms with Crippen LogP contribution in [-0.2, 0) is 5.75 Å². The van der Waals surface area contributed by atoms with Crippen molar-refractivity contribution in [3.8, 4) is 0 Å². The molecule has 0 saturated heterocycles. The Hall–Kier alpha value is -1.13. The molecule has 0 saturated carbocycles. The lowest BCUT2D eigenvalue weighted by Crippen LogP contribution is -1.82. The average molecular weight is 263 g/mol. The number of benzene rings is 1. The van der Waals surface area contributed by atoms with Gasteiger partial charge in [0.25, 0.3) is 0 Å². The number of hydrogen-bond donors (Lipinski definition) is 0. The molecule has 2 rings (SSSR count). The predicted molar refractivity (Wildman–Crippen MR) is 73.0 cm³/mol. The summed E-state index contributed by atoms with van der Waals surface area (Å²) in [6, 6.07) is 7.65. The molecule has 0 aliphatic rings. The van der Waals surface area contributed by atoms with E-state index in [1.807, 2.05) is 31.2 Å². The summed E-state index contributed by atoms with van der Waals surface area (Å²) in [6.45, 7) is 4.13. The number of nitrogens with zero attached hydrogens (tertiary/aromatic N) is 1. The fourth-order valence-electron chi connectivity index (χ4n) is 1.42. The smallest absolute Gasteiger partial charge is 0.150 e. The maximum atomic E-state index is 10.7. The molecule has 0 N–H and O–H groups in total.